The Labute approximate surface area is 284 Å². The summed E-state index contributed by atoms with van der Waals surface area (Å²) in [7, 11) is 0. The number of amides is 1. The number of nitro groups is 1. The van der Waals surface area contributed by atoms with E-state index < -0.39 is 4.92 Å². The second-order valence-corrected chi connectivity index (χ2v) is 12.7. The first-order chi connectivity index (χ1) is 22.8. The molecule has 0 unspecified atom stereocenters. The number of non-ortho nitro benzene ring substituents is 1. The molecule has 1 aliphatic heterocycles. The number of hydrogen-bond donors (Lipinski definition) is 1. The second kappa shape index (κ2) is 14.3. The van der Waals surface area contributed by atoms with Crippen LogP contribution in [0.5, 0.6) is 11.5 Å². The molecule has 11 heteroatoms. The van der Waals surface area contributed by atoms with E-state index in [1.54, 1.807) is 17.0 Å². The largest absolute Gasteiger partial charge is 0.490 e. The summed E-state index contributed by atoms with van der Waals surface area (Å²) >= 11 is 4.92. The van der Waals surface area contributed by atoms with Crippen molar-refractivity contribution in [2.45, 2.75) is 26.9 Å². The summed E-state index contributed by atoms with van der Waals surface area (Å²) in [6.07, 6.45) is 4.40. The third kappa shape index (κ3) is 7.42. The number of halogens is 1. The van der Waals surface area contributed by atoms with Gasteiger partial charge in [0, 0.05) is 35.8 Å². The monoisotopic (exact) mass is 710 g/mol. The van der Waals surface area contributed by atoms with E-state index in [1.807, 2.05) is 74.7 Å². The van der Waals surface area contributed by atoms with Gasteiger partial charge in [0.1, 0.15) is 6.61 Å². The lowest BCUT2D eigenvalue weighted by Crippen LogP contribution is -2.31. The van der Waals surface area contributed by atoms with Crippen LogP contribution < -0.4 is 9.47 Å². The first-order valence-corrected chi connectivity index (χ1v) is 16.6. The summed E-state index contributed by atoms with van der Waals surface area (Å²) in [5.41, 5.74) is 5.58. The normalized spacial score (nSPS) is 14.8. The van der Waals surface area contributed by atoms with Gasteiger partial charge in [0.15, 0.2) is 16.7 Å². The van der Waals surface area contributed by atoms with Crippen molar-refractivity contribution in [2.75, 3.05) is 13.2 Å². The third-order valence-corrected chi connectivity index (χ3v) is 9.14. The van der Waals surface area contributed by atoms with Gasteiger partial charge in [-0.15, -0.1) is 0 Å². The van der Waals surface area contributed by atoms with Crippen LogP contribution in [0, 0.1) is 17.0 Å². The highest BCUT2D eigenvalue weighted by atomic mass is 79.9. The molecule has 2 heterocycles. The molecular formula is C36H31BrN4O5S. The smallest absolute Gasteiger partial charge is 0.269 e. The average molecular weight is 712 g/mol. The number of nitro benzene ring substituents is 1. The molecule has 4 aromatic carbocycles. The maximum Gasteiger partial charge on any atom is 0.269 e. The standard InChI is InChI=1S/C36H31BrN4O5S/c1-3-45-32-19-25(18-30(37)34(32)46-22-24-8-6-7-23(2)17-24)20-33-35(42)40(16-15-26-21-38-31-10-5-4-9-29(26)31)36(47-33)39-27-11-13-28(14-12-27)41(43)44/h4-14,17-21,38H,3,15-16,22H2,1-2H3/b33-20-,39-36?. The van der Waals surface area contributed by atoms with Crippen LogP contribution in [0.2, 0.25) is 0 Å². The highest BCUT2D eigenvalue weighted by Gasteiger charge is 2.33. The lowest BCUT2D eigenvalue weighted by molar-refractivity contribution is -0.384. The Morgan fingerprint density at radius 1 is 1.04 bits per heavy atom. The minimum absolute atomic E-state index is 0.0251. The third-order valence-electron chi connectivity index (χ3n) is 7.55. The van der Waals surface area contributed by atoms with Crippen molar-refractivity contribution in [3.8, 4) is 11.5 Å². The number of H-pyrrole nitrogens is 1. The molecule has 5 aromatic rings. The Kier molecular flexibility index (Phi) is 9.74. The number of carbonyl (C=O) groups excluding carboxylic acids is 1. The number of benzene rings is 4. The van der Waals surface area contributed by atoms with Gasteiger partial charge >= 0.3 is 0 Å². The fourth-order valence-electron chi connectivity index (χ4n) is 5.30. The fraction of sp³-hybridized carbons (Fsp3) is 0.167. The molecule has 0 saturated carbocycles. The molecule has 1 aliphatic rings. The summed E-state index contributed by atoms with van der Waals surface area (Å²) in [4.78, 5) is 34.8. The number of carbonyl (C=O) groups is 1. The Bertz CT molecular complexity index is 2020. The number of para-hydroxylation sites is 1. The minimum atomic E-state index is -0.452. The van der Waals surface area contributed by atoms with Crippen molar-refractivity contribution in [1.29, 1.82) is 0 Å². The van der Waals surface area contributed by atoms with E-state index in [2.05, 4.69) is 33.0 Å². The molecule has 0 bridgehead atoms. The van der Waals surface area contributed by atoms with E-state index in [4.69, 9.17) is 14.5 Å². The van der Waals surface area contributed by atoms with Gasteiger partial charge in [-0.3, -0.25) is 19.8 Å². The number of fused-ring (bicyclic) bond motifs is 1. The van der Waals surface area contributed by atoms with E-state index in [0.29, 0.717) is 57.9 Å². The molecule has 238 valence electrons. The van der Waals surface area contributed by atoms with Crippen LogP contribution in [-0.4, -0.2) is 39.0 Å². The van der Waals surface area contributed by atoms with Crippen LogP contribution in [0.25, 0.3) is 17.0 Å². The van der Waals surface area contributed by atoms with Crippen molar-refractivity contribution >= 4 is 67.1 Å². The van der Waals surface area contributed by atoms with Crippen LogP contribution >= 0.6 is 27.7 Å². The van der Waals surface area contributed by atoms with E-state index in [-0.39, 0.29) is 11.6 Å². The number of nitrogens with one attached hydrogen (secondary N) is 1. The molecule has 0 radical (unpaired) electrons. The minimum Gasteiger partial charge on any atom is -0.490 e. The molecular weight excluding hydrogens is 680 g/mol. The summed E-state index contributed by atoms with van der Waals surface area (Å²) in [6.45, 7) is 5.17. The zero-order valence-electron chi connectivity index (χ0n) is 25.7. The van der Waals surface area contributed by atoms with Gasteiger partial charge in [-0.05, 0) is 101 Å². The molecule has 1 aromatic heterocycles. The molecule has 0 aliphatic carbocycles. The summed E-state index contributed by atoms with van der Waals surface area (Å²) in [6, 6.07) is 25.9. The summed E-state index contributed by atoms with van der Waals surface area (Å²) in [5.74, 6) is 0.971. The first kappa shape index (κ1) is 32.1. The van der Waals surface area contributed by atoms with E-state index in [9.17, 15) is 14.9 Å². The average Bonchev–Trinajstić information content (AvgIpc) is 3.59. The highest BCUT2D eigenvalue weighted by Crippen LogP contribution is 2.40. The highest BCUT2D eigenvalue weighted by molar-refractivity contribution is 9.10. The van der Waals surface area contributed by atoms with Gasteiger partial charge in [-0.2, -0.15) is 0 Å². The molecule has 0 atom stereocenters. The number of nitrogens with zero attached hydrogens (tertiary/aromatic N) is 3. The SMILES string of the molecule is CCOc1cc(/C=C2\SC(=Nc3ccc([N+](=O)[O-])cc3)N(CCc3c[nH]c4ccccc34)C2=O)cc(Br)c1OCc1cccc(C)c1. The zero-order valence-corrected chi connectivity index (χ0v) is 28.1. The van der Waals surface area contributed by atoms with Gasteiger partial charge in [0.2, 0.25) is 0 Å². The van der Waals surface area contributed by atoms with Crippen molar-refractivity contribution in [2.24, 2.45) is 4.99 Å². The Morgan fingerprint density at radius 2 is 1.85 bits per heavy atom. The Morgan fingerprint density at radius 3 is 2.62 bits per heavy atom. The summed E-state index contributed by atoms with van der Waals surface area (Å²) in [5, 5.41) is 12.8. The number of aromatic amines is 1. The number of hydrogen-bond acceptors (Lipinski definition) is 7. The maximum atomic E-state index is 13.9. The van der Waals surface area contributed by atoms with Crippen LogP contribution in [0.4, 0.5) is 11.4 Å². The lowest BCUT2D eigenvalue weighted by atomic mass is 10.1. The van der Waals surface area contributed by atoms with Gasteiger partial charge in [0.05, 0.1) is 26.6 Å². The molecule has 0 spiro atoms. The molecule has 1 saturated heterocycles. The fourth-order valence-corrected chi connectivity index (χ4v) is 6.90. The zero-order chi connectivity index (χ0) is 32.9. The summed E-state index contributed by atoms with van der Waals surface area (Å²) < 4.78 is 12.9. The Hall–Kier alpha value is -4.87. The lowest BCUT2D eigenvalue weighted by Gasteiger charge is -2.16. The van der Waals surface area contributed by atoms with Crippen LogP contribution in [0.15, 0.2) is 105 Å². The molecule has 6 rings (SSSR count). The van der Waals surface area contributed by atoms with Gasteiger partial charge in [-0.1, -0.05) is 48.0 Å². The number of amidine groups is 1. The van der Waals surface area contributed by atoms with E-state index in [0.717, 1.165) is 33.2 Å². The first-order valence-electron chi connectivity index (χ1n) is 15.0. The number of aliphatic imine (C=N–C) groups is 1. The number of aryl methyl sites for hydroxylation is 1. The number of aromatic nitrogens is 1. The van der Waals surface area contributed by atoms with Gasteiger partial charge in [-0.25, -0.2) is 4.99 Å². The molecule has 9 nitrogen and oxygen atoms in total. The van der Waals surface area contributed by atoms with Crippen molar-refractivity contribution in [1.82, 2.24) is 9.88 Å². The number of rotatable bonds is 11. The maximum absolute atomic E-state index is 13.9. The molecule has 1 N–H and O–H groups in total. The molecule has 47 heavy (non-hydrogen) atoms. The van der Waals surface area contributed by atoms with Crippen LogP contribution in [0.3, 0.4) is 0 Å². The van der Waals surface area contributed by atoms with Crippen molar-refractivity contribution < 1.29 is 19.2 Å². The molecule has 1 amide bonds. The van der Waals surface area contributed by atoms with Crippen LogP contribution in [-0.2, 0) is 17.8 Å². The predicted octanol–water partition coefficient (Wildman–Crippen LogP) is 8.97. The van der Waals surface area contributed by atoms with Gasteiger partial charge < -0.3 is 14.5 Å². The van der Waals surface area contributed by atoms with E-state index >= 15 is 0 Å². The van der Waals surface area contributed by atoms with Crippen LogP contribution in [0.1, 0.15) is 29.2 Å². The number of thioether (sulfide) groups is 1. The quantitative estimate of drug-likeness (QED) is 0.0833. The van der Waals surface area contributed by atoms with Gasteiger partial charge in [0.25, 0.3) is 11.6 Å². The predicted molar refractivity (Wildman–Crippen MR) is 190 cm³/mol. The number of ether oxygens (including phenoxy) is 2. The topological polar surface area (TPSA) is 110 Å². The van der Waals surface area contributed by atoms with Crippen molar-refractivity contribution in [3.63, 3.8) is 0 Å². The second-order valence-electron chi connectivity index (χ2n) is 10.9. The van der Waals surface area contributed by atoms with E-state index in [1.165, 1.54) is 23.9 Å². The Balaban J connectivity index is 1.30. The van der Waals surface area contributed by atoms with Crippen molar-refractivity contribution in [3.05, 3.63) is 133 Å². The molecule has 1 fully saturated rings.